The molecular weight excluding hydrogens is 1100 g/mol. The highest BCUT2D eigenvalue weighted by Gasteiger charge is 2.19. The number of halogens is 2. The Bertz CT molecular complexity index is 2850. The molecule has 442 valence electrons. The van der Waals surface area contributed by atoms with Gasteiger partial charge in [0.25, 0.3) is 5.91 Å². The third kappa shape index (κ3) is 25.4. The number of amides is 2. The minimum atomic E-state index is -0.692. The van der Waals surface area contributed by atoms with Crippen molar-refractivity contribution in [3.63, 3.8) is 0 Å². The molecule has 5 aromatic rings. The summed E-state index contributed by atoms with van der Waals surface area (Å²) in [7, 11) is 0. The summed E-state index contributed by atoms with van der Waals surface area (Å²) in [5, 5.41) is 13.2. The molecule has 0 unspecified atom stereocenters. The van der Waals surface area contributed by atoms with E-state index in [1.54, 1.807) is 31.2 Å². The summed E-state index contributed by atoms with van der Waals surface area (Å²) >= 11 is 11.8. The zero-order valence-corrected chi connectivity index (χ0v) is 47.4. The third-order valence-corrected chi connectivity index (χ3v) is 12.4. The number of nitrogens with zero attached hydrogens (tertiary/aromatic N) is 5. The number of ether oxygens (including phenoxy) is 8. The van der Waals surface area contributed by atoms with Crippen molar-refractivity contribution in [2.75, 3.05) is 108 Å². The van der Waals surface area contributed by atoms with Gasteiger partial charge in [0.05, 0.1) is 71.4 Å². The fourth-order valence-corrected chi connectivity index (χ4v) is 7.72. The minimum absolute atomic E-state index is 0.0129. The predicted octanol–water partition coefficient (Wildman–Crippen LogP) is 6.95. The lowest BCUT2D eigenvalue weighted by molar-refractivity contribution is -0.144. The molecule has 0 fully saturated rings. The van der Waals surface area contributed by atoms with Crippen LogP contribution in [-0.4, -0.2) is 141 Å². The number of nitrogens with two attached hydrogens (primary N) is 4. The maximum atomic E-state index is 12.5. The van der Waals surface area contributed by atoms with Gasteiger partial charge in [-0.25, -0.2) is 24.7 Å². The van der Waals surface area contributed by atoms with Crippen LogP contribution in [0.15, 0.2) is 77.8 Å². The Morgan fingerprint density at radius 3 is 1.68 bits per heavy atom. The van der Waals surface area contributed by atoms with E-state index in [-0.39, 0.29) is 90.2 Å². The van der Waals surface area contributed by atoms with Crippen molar-refractivity contribution < 1.29 is 57.1 Å². The van der Waals surface area contributed by atoms with E-state index in [0.717, 1.165) is 62.0 Å². The molecule has 0 atom stereocenters. The van der Waals surface area contributed by atoms with Crippen molar-refractivity contribution >= 4 is 81.8 Å². The third-order valence-electron chi connectivity index (χ3n) is 11.7. The van der Waals surface area contributed by atoms with Crippen molar-refractivity contribution in [1.29, 1.82) is 5.41 Å². The highest BCUT2D eigenvalue weighted by Crippen LogP contribution is 2.20. The molecule has 2 amide bonds. The van der Waals surface area contributed by atoms with Crippen LogP contribution < -0.4 is 43.0 Å². The van der Waals surface area contributed by atoms with Crippen LogP contribution in [-0.2, 0) is 52.5 Å². The highest BCUT2D eigenvalue weighted by molar-refractivity contribution is 6.32. The fraction of sp³-hybridized carbons (Fsp3) is 0.429. The van der Waals surface area contributed by atoms with E-state index >= 15 is 0 Å². The first-order valence-electron chi connectivity index (χ1n) is 26.6. The smallest absolute Gasteiger partial charge is 0.411 e. The molecule has 5 rings (SSSR count). The van der Waals surface area contributed by atoms with Gasteiger partial charge in [0, 0.05) is 17.9 Å². The number of ketones is 1. The van der Waals surface area contributed by atoms with Crippen LogP contribution in [0.2, 0.25) is 10.3 Å². The zero-order valence-electron chi connectivity index (χ0n) is 45.9. The van der Waals surface area contributed by atoms with Crippen molar-refractivity contribution in [3.8, 4) is 11.5 Å². The van der Waals surface area contributed by atoms with Gasteiger partial charge < -0.3 is 66.2 Å². The zero-order chi connectivity index (χ0) is 58.9. The van der Waals surface area contributed by atoms with E-state index < -0.39 is 18.0 Å². The van der Waals surface area contributed by atoms with Gasteiger partial charge in [-0.15, -0.1) is 0 Å². The van der Waals surface area contributed by atoms with E-state index in [0.29, 0.717) is 88.5 Å². The number of Topliss-reactive ketones (excluding diaryl/α,β-unsaturated/α-hetero) is 1. The number of aryl methyl sites for hydroxylation is 3. The number of aliphatic imine (C=N–C) groups is 1. The molecule has 11 N–H and O–H groups in total. The maximum absolute atomic E-state index is 12.5. The first-order valence-corrected chi connectivity index (χ1v) is 27.4. The van der Waals surface area contributed by atoms with Gasteiger partial charge in [0.15, 0.2) is 50.9 Å². The second-order valence-corrected chi connectivity index (χ2v) is 18.9. The average molecular weight is 1180 g/mol. The number of benzene rings is 3. The van der Waals surface area contributed by atoms with E-state index in [1.165, 1.54) is 5.56 Å². The number of esters is 1. The molecule has 24 nitrogen and oxygen atoms in total. The number of nitrogen functional groups attached to an aromatic ring is 3. The molecule has 0 saturated carbocycles. The topological polar surface area (TPSA) is 358 Å². The van der Waals surface area contributed by atoms with Gasteiger partial charge >= 0.3 is 12.1 Å². The van der Waals surface area contributed by atoms with Crippen LogP contribution >= 0.6 is 23.2 Å². The van der Waals surface area contributed by atoms with Crippen molar-refractivity contribution in [2.24, 2.45) is 10.7 Å². The Balaban J connectivity index is 0.767. The van der Waals surface area contributed by atoms with E-state index in [9.17, 15) is 19.2 Å². The first-order chi connectivity index (χ1) is 39.6. The van der Waals surface area contributed by atoms with Gasteiger partial charge in [-0.05, 0) is 105 Å². The molecule has 0 aliphatic rings. The van der Waals surface area contributed by atoms with Crippen LogP contribution in [0.4, 0.5) is 27.9 Å². The van der Waals surface area contributed by atoms with Gasteiger partial charge in [-0.2, -0.15) is 0 Å². The molecule has 26 heteroatoms. The molecule has 82 heavy (non-hydrogen) atoms. The Kier molecular flexibility index (Phi) is 29.0. The number of hydrogen-bond donors (Lipinski definition) is 7. The Hall–Kier alpha value is -7.74. The highest BCUT2D eigenvalue weighted by atomic mass is 35.5. The van der Waals surface area contributed by atoms with E-state index in [4.69, 9.17) is 89.4 Å². The SMILES string of the molecule is Cc1nc(N)c(C(=O)CC(=N)CCCCCc2ccc(OCCOCCOCCOC(=O)Cc3ccc(NC(=O)OCCOCCOCCOc4ccc(CCCCN=C(N)NC(=O)c5nc(Cl)c(N)nc5N)cc4)cc3)cc2)nc1Cl. The quantitative estimate of drug-likeness (QED) is 0.00691. The number of guanidine groups is 1. The number of unbranched alkanes of at least 4 members (excludes halogenated alkanes) is 3. The van der Waals surface area contributed by atoms with E-state index in [2.05, 4.69) is 35.6 Å². The largest absolute Gasteiger partial charge is 0.491 e. The number of nitrogens with one attached hydrogen (secondary N) is 3. The lowest BCUT2D eigenvalue weighted by Gasteiger charge is -2.10. The molecule has 0 bridgehead atoms. The molecule has 3 aromatic carbocycles. The molecule has 2 heterocycles. The van der Waals surface area contributed by atoms with Crippen LogP contribution in [0.25, 0.3) is 0 Å². The van der Waals surface area contributed by atoms with Crippen LogP contribution in [0.5, 0.6) is 11.5 Å². The number of carbonyl (C=O) groups excluding carboxylic acids is 4. The van der Waals surface area contributed by atoms with Crippen LogP contribution in [0.1, 0.15) is 88.3 Å². The summed E-state index contributed by atoms with van der Waals surface area (Å²) in [5.74, 6) is -0.294. The number of aromatic nitrogens is 4. The monoisotopic (exact) mass is 1170 g/mol. The van der Waals surface area contributed by atoms with Crippen LogP contribution in [0, 0.1) is 12.3 Å². The minimum Gasteiger partial charge on any atom is -0.491 e. The lowest BCUT2D eigenvalue weighted by Crippen LogP contribution is -2.38. The molecule has 0 spiro atoms. The van der Waals surface area contributed by atoms with Crippen molar-refractivity contribution in [1.82, 2.24) is 25.3 Å². The van der Waals surface area contributed by atoms with E-state index in [1.807, 2.05) is 48.5 Å². The van der Waals surface area contributed by atoms with Crippen molar-refractivity contribution in [3.05, 3.63) is 117 Å². The number of anilines is 4. The summed E-state index contributed by atoms with van der Waals surface area (Å²) in [6, 6.07) is 22.5. The Morgan fingerprint density at radius 2 is 1.09 bits per heavy atom. The molecule has 0 aliphatic heterocycles. The average Bonchev–Trinajstić information content (AvgIpc) is 3.50. The van der Waals surface area contributed by atoms with Crippen LogP contribution in [0.3, 0.4) is 0 Å². The second kappa shape index (κ2) is 36.6. The van der Waals surface area contributed by atoms with Gasteiger partial charge in [0.2, 0.25) is 0 Å². The second-order valence-electron chi connectivity index (χ2n) is 18.2. The summed E-state index contributed by atoms with van der Waals surface area (Å²) in [4.78, 5) is 69.3. The summed E-state index contributed by atoms with van der Waals surface area (Å²) in [5.41, 5.74) is 27.0. The Morgan fingerprint density at radius 1 is 0.573 bits per heavy atom. The lowest BCUT2D eigenvalue weighted by atomic mass is 10.0. The summed E-state index contributed by atoms with van der Waals surface area (Å²) in [6.45, 7) is 5.46. The van der Waals surface area contributed by atoms with Crippen molar-refractivity contribution in [2.45, 2.75) is 71.1 Å². The molecule has 0 saturated heterocycles. The number of hydrogen-bond acceptors (Lipinski definition) is 21. The maximum Gasteiger partial charge on any atom is 0.411 e. The number of rotatable bonds is 38. The number of carbonyl (C=O) groups is 4. The molecule has 2 aromatic heterocycles. The van der Waals surface area contributed by atoms with Gasteiger partial charge in [0.1, 0.15) is 37.9 Å². The van der Waals surface area contributed by atoms with Gasteiger partial charge in [-0.1, -0.05) is 66.0 Å². The predicted molar refractivity (Wildman–Crippen MR) is 311 cm³/mol. The fourth-order valence-electron chi connectivity index (χ4n) is 7.47. The Labute approximate surface area is 486 Å². The molecule has 0 radical (unpaired) electrons. The standard InChI is InChI=1S/C56H72Cl2N12O12/c1-37-49(57)67-47(51(60)65-37)45(71)36-41(59)9-4-2-3-7-38-12-18-43(19-13-38)79-31-27-75-23-25-77-29-33-81-46(72)35-40-10-16-42(17-11-40)66-56(74)82-34-30-78-26-24-76-28-32-80-44-20-14-39(15-21-44)8-5-6-22-64-55(63)70-54(73)48-52(61)69-53(62)50(58)68-48/h10-21,59H,2-9,22-36H2,1H3,(H2,60,65)(H,66,74)(H4,61,62,69)(H3,63,64,70,73). The molecule has 0 aliphatic carbocycles. The summed E-state index contributed by atoms with van der Waals surface area (Å²) in [6.07, 6.45) is 5.86. The summed E-state index contributed by atoms with van der Waals surface area (Å²) < 4.78 is 44.2. The first kappa shape index (κ1) is 65.1. The normalized spacial score (nSPS) is 11.2. The van der Waals surface area contributed by atoms with Gasteiger partial charge in [-0.3, -0.25) is 30.0 Å². The molecular formula is C56H72Cl2N12O12.